The summed E-state index contributed by atoms with van der Waals surface area (Å²) in [5.41, 5.74) is 2.23. The molecule has 0 heterocycles. The van der Waals surface area contributed by atoms with Crippen LogP contribution in [-0.4, -0.2) is 36.3 Å². The Morgan fingerprint density at radius 2 is 1.65 bits per heavy atom. The standard InChI is InChI=1S/C22H25F3O4S2/c23-21(22(24,25)31(26,27)28)14-29-19-10-6-9-18(13-19)16-30(20-11-4-5-12-20)15-17-7-2-1-3-8-17/h1-3,6-10,13,20-21H,4-5,11-12,14-16H2/p+1. The van der Waals surface area contributed by atoms with Crippen molar-refractivity contribution < 1.29 is 30.9 Å². The van der Waals surface area contributed by atoms with Crippen LogP contribution in [0.4, 0.5) is 13.2 Å². The largest absolute Gasteiger partial charge is 0.490 e. The fourth-order valence-corrected chi connectivity index (χ4v) is 6.86. The first-order chi connectivity index (χ1) is 14.7. The summed E-state index contributed by atoms with van der Waals surface area (Å²) in [5.74, 6) is 1.95. The van der Waals surface area contributed by atoms with Crippen molar-refractivity contribution in [3.8, 4) is 5.75 Å². The molecule has 0 saturated heterocycles. The molecule has 0 bridgehead atoms. The Kier molecular flexibility index (Phi) is 7.93. The molecule has 3 rings (SSSR count). The fraction of sp³-hybridized carbons (Fsp3) is 0.455. The topological polar surface area (TPSA) is 63.6 Å². The Balaban J connectivity index is 1.67. The van der Waals surface area contributed by atoms with Crippen molar-refractivity contribution in [2.45, 2.75) is 53.9 Å². The van der Waals surface area contributed by atoms with Gasteiger partial charge in [0.15, 0.2) is 0 Å². The molecular weight excluding hydrogens is 449 g/mol. The van der Waals surface area contributed by atoms with Gasteiger partial charge in [-0.25, -0.2) is 4.39 Å². The molecule has 170 valence electrons. The highest BCUT2D eigenvalue weighted by Crippen LogP contribution is 2.32. The van der Waals surface area contributed by atoms with Crippen molar-refractivity contribution in [2.75, 3.05) is 6.61 Å². The maximum absolute atomic E-state index is 13.7. The van der Waals surface area contributed by atoms with Crippen LogP contribution in [0.25, 0.3) is 0 Å². The van der Waals surface area contributed by atoms with E-state index in [2.05, 4.69) is 12.1 Å². The summed E-state index contributed by atoms with van der Waals surface area (Å²) in [5, 5.41) is -4.29. The Labute approximate surface area is 183 Å². The average Bonchev–Trinajstić information content (AvgIpc) is 3.26. The smallest absolute Gasteiger partial charge is 0.403 e. The van der Waals surface area contributed by atoms with E-state index in [1.54, 1.807) is 12.1 Å². The third-order valence-electron chi connectivity index (χ3n) is 5.32. The third kappa shape index (κ3) is 6.40. The minimum Gasteiger partial charge on any atom is -0.490 e. The maximum Gasteiger partial charge on any atom is 0.403 e. The van der Waals surface area contributed by atoms with E-state index < -0.39 is 28.2 Å². The van der Waals surface area contributed by atoms with Gasteiger partial charge in [-0.1, -0.05) is 42.5 Å². The normalized spacial score (nSPS) is 17.4. The van der Waals surface area contributed by atoms with E-state index in [9.17, 15) is 21.6 Å². The minimum atomic E-state index is -5.86. The molecule has 1 fully saturated rings. The highest BCUT2D eigenvalue weighted by molar-refractivity contribution is 7.96. The van der Waals surface area contributed by atoms with Gasteiger partial charge in [0.05, 0.1) is 0 Å². The average molecular weight is 476 g/mol. The van der Waals surface area contributed by atoms with Gasteiger partial charge in [-0.3, -0.25) is 4.55 Å². The van der Waals surface area contributed by atoms with E-state index in [0.29, 0.717) is 5.25 Å². The lowest BCUT2D eigenvalue weighted by Gasteiger charge is -2.18. The van der Waals surface area contributed by atoms with Crippen molar-refractivity contribution in [1.29, 1.82) is 0 Å². The SMILES string of the molecule is O=S(=O)(O)C(F)(F)C(F)COc1cccc(C[S+](Cc2ccccc2)C2CCCC2)c1. The number of alkyl halides is 3. The number of hydrogen-bond donors (Lipinski definition) is 1. The van der Waals surface area contributed by atoms with Gasteiger partial charge in [0, 0.05) is 11.1 Å². The van der Waals surface area contributed by atoms with Gasteiger partial charge in [0.1, 0.15) is 29.1 Å². The minimum absolute atomic E-state index is 0.0894. The number of rotatable bonds is 10. The highest BCUT2D eigenvalue weighted by Gasteiger charge is 2.53. The van der Waals surface area contributed by atoms with Gasteiger partial charge in [-0.05, 0) is 48.7 Å². The first-order valence-electron chi connectivity index (χ1n) is 10.1. The van der Waals surface area contributed by atoms with Crippen LogP contribution in [0.2, 0.25) is 0 Å². The van der Waals surface area contributed by atoms with Crippen LogP contribution in [0.1, 0.15) is 36.8 Å². The quantitative estimate of drug-likeness (QED) is 0.382. The van der Waals surface area contributed by atoms with Gasteiger partial charge in [-0.2, -0.15) is 17.2 Å². The predicted molar refractivity (Wildman–Crippen MR) is 117 cm³/mol. The second-order valence-corrected chi connectivity index (χ2v) is 11.5. The van der Waals surface area contributed by atoms with E-state index in [4.69, 9.17) is 9.29 Å². The molecule has 31 heavy (non-hydrogen) atoms. The van der Waals surface area contributed by atoms with E-state index in [1.807, 2.05) is 24.3 Å². The molecule has 2 aromatic rings. The summed E-state index contributed by atoms with van der Waals surface area (Å²) >= 11 is 0. The van der Waals surface area contributed by atoms with Crippen LogP contribution in [-0.2, 0) is 32.5 Å². The third-order valence-corrected chi connectivity index (χ3v) is 9.09. The molecule has 2 aromatic carbocycles. The molecule has 0 amide bonds. The van der Waals surface area contributed by atoms with Gasteiger partial charge >= 0.3 is 15.4 Å². The molecule has 2 atom stereocenters. The summed E-state index contributed by atoms with van der Waals surface area (Å²) in [6.45, 7) is -1.19. The van der Waals surface area contributed by atoms with E-state index in [-0.39, 0.29) is 16.6 Å². The van der Waals surface area contributed by atoms with Crippen LogP contribution in [0, 0.1) is 0 Å². The molecule has 0 spiro atoms. The monoisotopic (exact) mass is 475 g/mol. The zero-order valence-electron chi connectivity index (χ0n) is 16.9. The molecule has 0 aliphatic heterocycles. The summed E-state index contributed by atoms with van der Waals surface area (Å²) < 4.78 is 75.4. The zero-order chi connectivity index (χ0) is 22.5. The van der Waals surface area contributed by atoms with Gasteiger partial charge in [-0.15, -0.1) is 0 Å². The second-order valence-electron chi connectivity index (χ2n) is 7.68. The molecule has 2 unspecified atom stereocenters. The molecule has 1 aliphatic rings. The molecule has 4 nitrogen and oxygen atoms in total. The van der Waals surface area contributed by atoms with Crippen molar-refractivity contribution in [1.82, 2.24) is 0 Å². The summed E-state index contributed by atoms with van der Waals surface area (Å²) in [6.07, 6.45) is 1.66. The summed E-state index contributed by atoms with van der Waals surface area (Å²) in [7, 11) is -5.77. The molecule has 1 saturated carbocycles. The lowest BCUT2D eigenvalue weighted by Crippen LogP contribution is -2.41. The first-order valence-corrected chi connectivity index (χ1v) is 13.1. The molecular formula is C22H26F3O4S2+. The van der Waals surface area contributed by atoms with Crippen molar-refractivity contribution in [2.24, 2.45) is 0 Å². The van der Waals surface area contributed by atoms with Crippen molar-refractivity contribution in [3.63, 3.8) is 0 Å². The van der Waals surface area contributed by atoms with Crippen LogP contribution in [0.3, 0.4) is 0 Å². The van der Waals surface area contributed by atoms with Gasteiger partial charge < -0.3 is 4.74 Å². The van der Waals surface area contributed by atoms with Gasteiger partial charge in [0.2, 0.25) is 6.17 Å². The van der Waals surface area contributed by atoms with Crippen molar-refractivity contribution in [3.05, 3.63) is 65.7 Å². The number of benzene rings is 2. The zero-order valence-corrected chi connectivity index (χ0v) is 18.6. The second kappa shape index (κ2) is 10.3. The molecule has 1 aliphatic carbocycles. The predicted octanol–water partition coefficient (Wildman–Crippen LogP) is 5.15. The number of halogens is 3. The van der Waals surface area contributed by atoms with E-state index in [1.165, 1.54) is 37.3 Å². The summed E-state index contributed by atoms with van der Waals surface area (Å²) in [4.78, 5) is 0. The van der Waals surface area contributed by atoms with E-state index in [0.717, 1.165) is 17.1 Å². The van der Waals surface area contributed by atoms with Crippen LogP contribution < -0.4 is 4.74 Å². The van der Waals surface area contributed by atoms with Crippen LogP contribution >= 0.6 is 0 Å². The Bertz CT molecular complexity index is 948. The number of ether oxygens (including phenoxy) is 1. The van der Waals surface area contributed by atoms with Crippen LogP contribution in [0.15, 0.2) is 54.6 Å². The molecule has 1 N–H and O–H groups in total. The number of hydrogen-bond acceptors (Lipinski definition) is 3. The van der Waals surface area contributed by atoms with Gasteiger partial charge in [0.25, 0.3) is 0 Å². The molecule has 0 radical (unpaired) electrons. The Hall–Kier alpha value is -1.71. The Morgan fingerprint density at radius 1 is 1.03 bits per heavy atom. The maximum atomic E-state index is 13.7. The molecule has 0 aromatic heterocycles. The fourth-order valence-electron chi connectivity index (χ4n) is 3.66. The van der Waals surface area contributed by atoms with Crippen molar-refractivity contribution >= 4 is 21.0 Å². The first kappa shape index (κ1) is 23.9. The highest BCUT2D eigenvalue weighted by atomic mass is 32.2. The summed E-state index contributed by atoms with van der Waals surface area (Å²) in [6, 6.07) is 17.1. The lowest BCUT2D eigenvalue weighted by molar-refractivity contribution is -0.0220. The lowest BCUT2D eigenvalue weighted by atomic mass is 10.2. The van der Waals surface area contributed by atoms with Crippen LogP contribution in [0.5, 0.6) is 5.75 Å². The molecule has 9 heteroatoms. The Morgan fingerprint density at radius 3 is 2.29 bits per heavy atom. The van der Waals surface area contributed by atoms with E-state index >= 15 is 0 Å².